The topological polar surface area (TPSA) is 29.5 Å². The summed E-state index contributed by atoms with van der Waals surface area (Å²) in [6.45, 7) is 2.05. The van der Waals surface area contributed by atoms with Gasteiger partial charge in [0.25, 0.3) is 0 Å². The van der Waals surface area contributed by atoms with Gasteiger partial charge in [-0.2, -0.15) is 0 Å². The van der Waals surface area contributed by atoms with Gasteiger partial charge in [0.1, 0.15) is 0 Å². The van der Waals surface area contributed by atoms with E-state index in [1.807, 2.05) is 6.92 Å². The first-order valence-corrected chi connectivity index (χ1v) is 3.59. The van der Waals surface area contributed by atoms with Crippen molar-refractivity contribution in [3.05, 3.63) is 0 Å². The van der Waals surface area contributed by atoms with Crippen LogP contribution < -0.4 is 0 Å². The molecular weight excluding hydrogens is 116 g/mol. The number of hydrogen-bond donors (Lipinski definition) is 1. The minimum Gasteiger partial charge on any atom is -0.394 e. The van der Waals surface area contributed by atoms with Crippen molar-refractivity contribution < 1.29 is 9.84 Å². The molecule has 1 atom stereocenters. The molecule has 1 N–H and O–H groups in total. The molecule has 1 fully saturated rings. The van der Waals surface area contributed by atoms with Crippen LogP contribution in [-0.4, -0.2) is 23.9 Å². The fourth-order valence-corrected chi connectivity index (χ4v) is 0.878. The average Bonchev–Trinajstić information content (AvgIpc) is 1.78. The van der Waals surface area contributed by atoms with Gasteiger partial charge in [-0.05, 0) is 26.2 Å². The van der Waals surface area contributed by atoms with Crippen molar-refractivity contribution in [2.75, 3.05) is 6.61 Å². The summed E-state index contributed by atoms with van der Waals surface area (Å²) in [4.78, 5) is 0. The molecule has 2 heteroatoms. The highest BCUT2D eigenvalue weighted by Gasteiger charge is 2.19. The van der Waals surface area contributed by atoms with Gasteiger partial charge in [0, 0.05) is 0 Å². The summed E-state index contributed by atoms with van der Waals surface area (Å²) in [5.74, 6) is 0. The summed E-state index contributed by atoms with van der Waals surface area (Å²) >= 11 is 0. The molecule has 54 valence electrons. The Labute approximate surface area is 55.8 Å². The highest BCUT2D eigenvalue weighted by molar-refractivity contribution is 4.70. The highest BCUT2D eigenvalue weighted by atomic mass is 16.5. The molecule has 0 spiro atoms. The van der Waals surface area contributed by atoms with E-state index in [1.54, 1.807) is 0 Å². The lowest BCUT2D eigenvalue weighted by atomic mass is 9.96. The van der Waals surface area contributed by atoms with Gasteiger partial charge in [-0.15, -0.1) is 0 Å². The summed E-state index contributed by atoms with van der Waals surface area (Å²) in [7, 11) is 0. The van der Waals surface area contributed by atoms with Crippen LogP contribution in [0.15, 0.2) is 0 Å². The smallest absolute Gasteiger partial charge is 0.0781 e. The van der Waals surface area contributed by atoms with E-state index in [9.17, 15) is 0 Å². The van der Waals surface area contributed by atoms with E-state index < -0.39 is 0 Å². The highest BCUT2D eigenvalue weighted by Crippen LogP contribution is 2.22. The van der Waals surface area contributed by atoms with Crippen molar-refractivity contribution in [2.45, 2.75) is 38.4 Å². The third-order valence-electron chi connectivity index (χ3n) is 1.73. The van der Waals surface area contributed by atoms with E-state index in [1.165, 1.54) is 19.3 Å². The molecule has 1 aliphatic rings. The predicted molar refractivity (Wildman–Crippen MR) is 35.3 cm³/mol. The molecule has 0 aromatic heterocycles. The maximum absolute atomic E-state index is 8.58. The lowest BCUT2D eigenvalue weighted by Crippen LogP contribution is -2.27. The van der Waals surface area contributed by atoms with Crippen LogP contribution in [0.4, 0.5) is 0 Å². The summed E-state index contributed by atoms with van der Waals surface area (Å²) in [5.41, 5.74) is 0. The molecule has 2 nitrogen and oxygen atoms in total. The number of hydrogen-bond acceptors (Lipinski definition) is 2. The third-order valence-corrected chi connectivity index (χ3v) is 1.73. The van der Waals surface area contributed by atoms with Gasteiger partial charge in [-0.3, -0.25) is 0 Å². The van der Waals surface area contributed by atoms with Crippen LogP contribution in [0.2, 0.25) is 0 Å². The molecule has 0 aliphatic heterocycles. The fraction of sp³-hybridized carbons (Fsp3) is 1.00. The van der Waals surface area contributed by atoms with E-state index >= 15 is 0 Å². The van der Waals surface area contributed by atoms with Crippen molar-refractivity contribution in [1.29, 1.82) is 0 Å². The molecule has 0 aromatic carbocycles. The van der Waals surface area contributed by atoms with Crippen molar-refractivity contribution >= 4 is 0 Å². The van der Waals surface area contributed by atoms with Crippen LogP contribution in [0.5, 0.6) is 0 Å². The lowest BCUT2D eigenvalue weighted by Gasteiger charge is -2.28. The van der Waals surface area contributed by atoms with Crippen molar-refractivity contribution in [2.24, 2.45) is 0 Å². The monoisotopic (exact) mass is 130 g/mol. The zero-order valence-electron chi connectivity index (χ0n) is 5.84. The van der Waals surface area contributed by atoms with Crippen LogP contribution in [-0.2, 0) is 4.74 Å². The summed E-state index contributed by atoms with van der Waals surface area (Å²) in [6.07, 6.45) is 4.15. The second kappa shape index (κ2) is 3.18. The van der Waals surface area contributed by atoms with Gasteiger partial charge in [0.05, 0.1) is 18.8 Å². The first-order valence-electron chi connectivity index (χ1n) is 3.59. The first-order chi connectivity index (χ1) is 4.33. The van der Waals surface area contributed by atoms with E-state index in [4.69, 9.17) is 9.84 Å². The summed E-state index contributed by atoms with van der Waals surface area (Å²) in [5, 5.41) is 8.58. The molecule has 0 amide bonds. The molecule has 1 saturated carbocycles. The number of aliphatic hydroxyl groups is 1. The van der Waals surface area contributed by atoms with Crippen LogP contribution in [0.3, 0.4) is 0 Å². The molecule has 0 radical (unpaired) electrons. The van der Waals surface area contributed by atoms with Gasteiger partial charge < -0.3 is 9.84 Å². The molecule has 1 aliphatic carbocycles. The van der Waals surface area contributed by atoms with Crippen LogP contribution >= 0.6 is 0 Å². The van der Waals surface area contributed by atoms with E-state index in [-0.39, 0.29) is 12.7 Å². The fourth-order valence-electron chi connectivity index (χ4n) is 0.878. The summed E-state index contributed by atoms with van der Waals surface area (Å²) < 4.78 is 5.39. The van der Waals surface area contributed by atoms with Gasteiger partial charge in [0.15, 0.2) is 0 Å². The van der Waals surface area contributed by atoms with Crippen molar-refractivity contribution in [3.63, 3.8) is 0 Å². The molecule has 1 unspecified atom stereocenters. The molecule has 0 aromatic rings. The van der Waals surface area contributed by atoms with Crippen molar-refractivity contribution in [1.82, 2.24) is 0 Å². The van der Waals surface area contributed by atoms with Crippen LogP contribution in [0.25, 0.3) is 0 Å². The standard InChI is InChI=1S/C7H14O2/c1-6(5-8)9-7-3-2-4-7/h6-8H,2-5H2,1H3. The Morgan fingerprint density at radius 2 is 2.33 bits per heavy atom. The SMILES string of the molecule is CC(CO)OC1CCC1. The van der Waals surface area contributed by atoms with Gasteiger partial charge in [-0.1, -0.05) is 0 Å². The Bertz CT molecular complexity index is 76.2. The maximum Gasteiger partial charge on any atom is 0.0781 e. The number of rotatable bonds is 3. The second-order valence-electron chi connectivity index (χ2n) is 2.68. The maximum atomic E-state index is 8.58. The van der Waals surface area contributed by atoms with E-state index in [0.717, 1.165) is 0 Å². The van der Waals surface area contributed by atoms with Crippen molar-refractivity contribution in [3.8, 4) is 0 Å². The van der Waals surface area contributed by atoms with Crippen LogP contribution in [0.1, 0.15) is 26.2 Å². The molecule has 1 rings (SSSR count). The zero-order chi connectivity index (χ0) is 6.69. The normalized spacial score (nSPS) is 23.3. The van der Waals surface area contributed by atoms with Gasteiger partial charge >= 0.3 is 0 Å². The van der Waals surface area contributed by atoms with Gasteiger partial charge in [0.2, 0.25) is 0 Å². The minimum atomic E-state index is 0.0373. The predicted octanol–water partition coefficient (Wildman–Crippen LogP) is 0.936. The van der Waals surface area contributed by atoms with Gasteiger partial charge in [-0.25, -0.2) is 0 Å². The van der Waals surface area contributed by atoms with Crippen LogP contribution in [0, 0.1) is 0 Å². The quantitative estimate of drug-likeness (QED) is 0.616. The third kappa shape index (κ3) is 1.95. The first kappa shape index (κ1) is 7.03. The van der Waals surface area contributed by atoms with E-state index in [0.29, 0.717) is 6.10 Å². The Balaban J connectivity index is 2.01. The number of ether oxygens (including phenoxy) is 1. The Hall–Kier alpha value is -0.0800. The average molecular weight is 130 g/mol. The molecule has 9 heavy (non-hydrogen) atoms. The number of aliphatic hydroxyl groups excluding tert-OH is 1. The second-order valence-corrected chi connectivity index (χ2v) is 2.68. The minimum absolute atomic E-state index is 0.0373. The largest absolute Gasteiger partial charge is 0.394 e. The lowest BCUT2D eigenvalue weighted by molar-refractivity contribution is -0.0625. The Morgan fingerprint density at radius 1 is 1.67 bits per heavy atom. The molecule has 0 saturated heterocycles. The molecule has 0 bridgehead atoms. The summed E-state index contributed by atoms with van der Waals surface area (Å²) in [6, 6.07) is 0. The van der Waals surface area contributed by atoms with E-state index in [2.05, 4.69) is 0 Å². The Kier molecular flexibility index (Phi) is 2.49. The zero-order valence-corrected chi connectivity index (χ0v) is 5.84. The molecular formula is C7H14O2. The Morgan fingerprint density at radius 3 is 2.67 bits per heavy atom. The molecule has 0 heterocycles.